The molecule has 0 spiro atoms. The average Bonchev–Trinajstić information content (AvgIpc) is 4.07. The van der Waals surface area contributed by atoms with E-state index in [1.807, 2.05) is 100 Å². The number of β-amino-alcohol motifs (C(OH)–C–C–N with tert-alkyl or cyclic N) is 1. The highest BCUT2D eigenvalue weighted by molar-refractivity contribution is 7.15. The summed E-state index contributed by atoms with van der Waals surface area (Å²) >= 11 is 9.47. The van der Waals surface area contributed by atoms with Crippen molar-refractivity contribution in [1.82, 2.24) is 35.3 Å². The maximum atomic E-state index is 14.1. The zero-order chi connectivity index (χ0) is 48.9. The zero-order valence-electron chi connectivity index (χ0n) is 39.9. The van der Waals surface area contributed by atoms with Crippen molar-refractivity contribution in [2.24, 2.45) is 16.3 Å². The molecular formula is C50H61ClN8O7S2. The molecule has 5 aromatic rings. The summed E-state index contributed by atoms with van der Waals surface area (Å²) in [5.74, 6) is -0.540. The number of halogens is 1. The number of ether oxygens (including phenoxy) is 2. The van der Waals surface area contributed by atoms with Gasteiger partial charge >= 0.3 is 0 Å². The van der Waals surface area contributed by atoms with E-state index in [1.165, 1.54) is 4.90 Å². The summed E-state index contributed by atoms with van der Waals surface area (Å²) in [4.78, 5) is 67.6. The number of benzene rings is 2. The Morgan fingerprint density at radius 2 is 1.66 bits per heavy atom. The molecule has 3 N–H and O–H groups in total. The van der Waals surface area contributed by atoms with Crippen LogP contribution in [0.2, 0.25) is 5.02 Å². The number of nitrogens with zero attached hydrogens (tertiary/aromatic N) is 6. The number of likely N-dealkylation sites (tertiary alicyclic amines) is 1. The molecule has 2 aromatic carbocycles. The maximum absolute atomic E-state index is 14.1. The number of carbonyl (C=O) groups is 4. The molecule has 3 aromatic heterocycles. The lowest BCUT2D eigenvalue weighted by molar-refractivity contribution is -0.147. The average molecular weight is 986 g/mol. The second-order valence-corrected chi connectivity index (χ2v) is 21.1. The number of aromatic nitrogens is 4. The van der Waals surface area contributed by atoms with E-state index >= 15 is 0 Å². The van der Waals surface area contributed by atoms with E-state index in [9.17, 15) is 24.3 Å². The van der Waals surface area contributed by atoms with Gasteiger partial charge in [-0.1, -0.05) is 68.8 Å². The molecular weight excluding hydrogens is 924 g/mol. The molecule has 2 aliphatic heterocycles. The van der Waals surface area contributed by atoms with E-state index in [2.05, 4.69) is 39.7 Å². The van der Waals surface area contributed by atoms with Crippen LogP contribution in [0.4, 0.5) is 0 Å². The number of Topliss-reactive ketones (excluding diaryl/α,β-unsaturated/α-hetero) is 1. The highest BCUT2D eigenvalue weighted by atomic mass is 35.5. The van der Waals surface area contributed by atoms with Crippen LogP contribution in [0.15, 0.2) is 59.0 Å². The summed E-state index contributed by atoms with van der Waals surface area (Å²) in [5, 5.41) is 27.1. The molecule has 0 radical (unpaired) electrons. The molecule has 0 saturated carbocycles. The van der Waals surface area contributed by atoms with Gasteiger partial charge in [0.2, 0.25) is 17.7 Å². The van der Waals surface area contributed by atoms with Crippen LogP contribution < -0.4 is 10.6 Å². The smallest absolute Gasteiger partial charge is 0.243 e. The number of ketones is 1. The molecule has 0 bridgehead atoms. The first kappa shape index (κ1) is 50.7. The summed E-state index contributed by atoms with van der Waals surface area (Å²) in [5.41, 5.74) is 7.92. The molecule has 3 amide bonds. The highest BCUT2D eigenvalue weighted by Gasteiger charge is 2.44. The number of thiophene rings is 1. The SMILES string of the molecule is Cc1ncsc1-c1ccc([C@H](C)NC(=O)[C@@H]2C[C@@H](O)CN2C(=O)C(CC(=O)COCCOCCCNC(=O)C[C@@H]2N=C(c3ccc(Cl)cc3)c3c(sc(C)c3C)-n3c(C)nnc32)C(C)(C)C)cc1. The fourth-order valence-electron chi connectivity index (χ4n) is 8.64. The Balaban J connectivity index is 0.840. The van der Waals surface area contributed by atoms with Gasteiger partial charge in [-0.2, -0.15) is 0 Å². The van der Waals surface area contributed by atoms with Crippen molar-refractivity contribution >= 4 is 63.5 Å². The predicted octanol–water partition coefficient (Wildman–Crippen LogP) is 7.62. The van der Waals surface area contributed by atoms with Gasteiger partial charge in [0.1, 0.15) is 29.5 Å². The number of rotatable bonds is 19. The monoisotopic (exact) mass is 984 g/mol. The standard InChI is InChI=1S/C50H61ClN8O7S2/c1-28-31(4)68-49-43(28)44(34-14-16-36(51)17-15-34)55-40(46-57-56-32(5)59(46)49)24-42(62)52-18-9-19-65-20-21-66-26-38(61)22-39(50(6,7)8)48(64)58-25-37(60)23-41(58)47(63)54-29(2)33-10-12-35(13-11-33)45-30(3)53-27-67-45/h10-17,27,29,37,39-41,60H,9,18-26H2,1-8H3,(H,52,62)(H,54,63)/t29-,37+,39?,40-,41-/m0/s1. The van der Waals surface area contributed by atoms with Crippen molar-refractivity contribution in [3.63, 3.8) is 0 Å². The van der Waals surface area contributed by atoms with Gasteiger partial charge in [0, 0.05) is 59.5 Å². The second-order valence-electron chi connectivity index (χ2n) is 18.7. The van der Waals surface area contributed by atoms with Gasteiger partial charge < -0.3 is 30.1 Å². The number of carbonyl (C=O) groups excluding carboxylic acids is 4. The molecule has 5 heterocycles. The topological polar surface area (TPSA) is 190 Å². The number of aryl methyl sites for hydroxylation is 3. The minimum Gasteiger partial charge on any atom is -0.391 e. The van der Waals surface area contributed by atoms with Crippen molar-refractivity contribution < 1.29 is 33.8 Å². The van der Waals surface area contributed by atoms with Crippen molar-refractivity contribution in [1.29, 1.82) is 0 Å². The van der Waals surface area contributed by atoms with Crippen LogP contribution in [0.5, 0.6) is 0 Å². The lowest BCUT2D eigenvalue weighted by atomic mass is 9.77. The summed E-state index contributed by atoms with van der Waals surface area (Å²) in [6.07, 6.45) is -0.202. The number of aliphatic hydroxyl groups excluding tert-OH is 1. The number of hydrogen-bond acceptors (Lipinski definition) is 13. The zero-order valence-corrected chi connectivity index (χ0v) is 42.3. The Morgan fingerprint density at radius 1 is 0.956 bits per heavy atom. The second kappa shape index (κ2) is 22.1. The van der Waals surface area contributed by atoms with E-state index in [0.29, 0.717) is 30.4 Å². The minimum atomic E-state index is -0.873. The summed E-state index contributed by atoms with van der Waals surface area (Å²) in [6, 6.07) is 13.7. The van der Waals surface area contributed by atoms with Gasteiger partial charge in [-0.3, -0.25) is 28.7 Å². The molecule has 18 heteroatoms. The largest absolute Gasteiger partial charge is 0.391 e. The number of aliphatic hydroxyl groups is 1. The number of fused-ring (bicyclic) bond motifs is 3. The molecule has 15 nitrogen and oxygen atoms in total. The van der Waals surface area contributed by atoms with Crippen molar-refractivity contribution in [3.05, 3.63) is 104 Å². The van der Waals surface area contributed by atoms with Gasteiger partial charge in [-0.15, -0.1) is 32.9 Å². The molecule has 68 heavy (non-hydrogen) atoms. The molecule has 5 atom stereocenters. The first-order valence-corrected chi connectivity index (χ1v) is 25.1. The lowest BCUT2D eigenvalue weighted by Crippen LogP contribution is -2.50. The molecule has 1 fully saturated rings. The minimum absolute atomic E-state index is 0.00716. The number of hydrogen-bond donors (Lipinski definition) is 3. The predicted molar refractivity (Wildman–Crippen MR) is 265 cm³/mol. The number of amides is 3. The molecule has 1 saturated heterocycles. The van der Waals surface area contributed by atoms with Gasteiger partial charge in [0.05, 0.1) is 53.6 Å². The highest BCUT2D eigenvalue weighted by Crippen LogP contribution is 2.40. The van der Waals surface area contributed by atoms with Crippen molar-refractivity contribution in [2.45, 2.75) is 105 Å². The third-order valence-electron chi connectivity index (χ3n) is 12.6. The number of aliphatic imine (C=N–C) groups is 1. The summed E-state index contributed by atoms with van der Waals surface area (Å²) < 4.78 is 13.4. The normalized spacial score (nSPS) is 17.8. The Labute approximate surface area is 410 Å². The molecule has 7 rings (SSSR count). The summed E-state index contributed by atoms with van der Waals surface area (Å²) in [6.45, 7) is 16.5. The fourth-order valence-corrected chi connectivity index (χ4v) is 10.8. The van der Waals surface area contributed by atoms with Crippen molar-refractivity contribution in [2.75, 3.05) is 39.5 Å². The van der Waals surface area contributed by atoms with E-state index in [4.69, 9.17) is 26.1 Å². The maximum Gasteiger partial charge on any atom is 0.243 e. The van der Waals surface area contributed by atoms with Crippen LogP contribution >= 0.6 is 34.3 Å². The Morgan fingerprint density at radius 3 is 2.35 bits per heavy atom. The van der Waals surface area contributed by atoms with Crippen LogP contribution in [0.1, 0.15) is 110 Å². The molecule has 2 aliphatic rings. The van der Waals surface area contributed by atoms with Gasteiger partial charge in [-0.05, 0) is 75.3 Å². The Hall–Kier alpha value is -5.17. The molecule has 0 aliphatic carbocycles. The lowest BCUT2D eigenvalue weighted by Gasteiger charge is -2.35. The van der Waals surface area contributed by atoms with Crippen LogP contribution in [-0.4, -0.2) is 111 Å². The number of nitrogens with one attached hydrogen (secondary N) is 2. The van der Waals surface area contributed by atoms with Gasteiger partial charge in [-0.25, -0.2) is 4.98 Å². The van der Waals surface area contributed by atoms with E-state index < -0.39 is 29.5 Å². The van der Waals surface area contributed by atoms with Crippen LogP contribution in [0.3, 0.4) is 0 Å². The number of thiazole rings is 1. The van der Waals surface area contributed by atoms with Crippen LogP contribution in [0, 0.1) is 39.0 Å². The molecule has 362 valence electrons. The van der Waals surface area contributed by atoms with Crippen molar-refractivity contribution in [3.8, 4) is 15.4 Å². The van der Waals surface area contributed by atoms with E-state index in [-0.39, 0.29) is 75.2 Å². The third kappa shape index (κ3) is 11.8. The van der Waals surface area contributed by atoms with E-state index in [1.54, 1.807) is 22.7 Å². The van der Waals surface area contributed by atoms with Crippen LogP contribution in [0.25, 0.3) is 15.4 Å². The quantitative estimate of drug-likeness (QED) is 0.0694. The first-order chi connectivity index (χ1) is 32.4. The third-order valence-corrected chi connectivity index (χ3v) is 15.0. The van der Waals surface area contributed by atoms with Crippen LogP contribution in [-0.2, 0) is 28.7 Å². The Kier molecular flexibility index (Phi) is 16.5. The Bertz CT molecular complexity index is 2640. The molecule has 1 unspecified atom stereocenters. The van der Waals surface area contributed by atoms with Gasteiger partial charge in [0.25, 0.3) is 0 Å². The van der Waals surface area contributed by atoms with Gasteiger partial charge in [0.15, 0.2) is 11.6 Å². The summed E-state index contributed by atoms with van der Waals surface area (Å²) in [7, 11) is 0. The fraction of sp³-hybridized carbons (Fsp3) is 0.480. The first-order valence-electron chi connectivity index (χ1n) is 23.0. The van der Waals surface area contributed by atoms with E-state index in [0.717, 1.165) is 59.8 Å².